The minimum Gasteiger partial charge on any atom is -0.384 e. The summed E-state index contributed by atoms with van der Waals surface area (Å²) in [7, 11) is 3.59. The van der Waals surface area contributed by atoms with Gasteiger partial charge in [0.2, 0.25) is 0 Å². The van der Waals surface area contributed by atoms with Gasteiger partial charge in [0.1, 0.15) is 0 Å². The molecule has 2 heteroatoms. The molecule has 0 aliphatic rings. The zero-order valence-electron chi connectivity index (χ0n) is 12.8. The third kappa shape index (κ3) is 5.39. The standard InChI is InChI=1S/C15H32O2/c1-7-8-9-10-11-15(12-16-5,13-17-6)14(2,3)4/h7-13H2,1-6H3. The van der Waals surface area contributed by atoms with Gasteiger partial charge in [0, 0.05) is 19.6 Å². The van der Waals surface area contributed by atoms with Crippen LogP contribution in [0.2, 0.25) is 0 Å². The van der Waals surface area contributed by atoms with Crippen molar-refractivity contribution in [2.45, 2.75) is 59.8 Å². The molecular weight excluding hydrogens is 212 g/mol. The molecule has 0 radical (unpaired) electrons. The monoisotopic (exact) mass is 244 g/mol. The van der Waals surface area contributed by atoms with Crippen LogP contribution in [0, 0.1) is 10.8 Å². The van der Waals surface area contributed by atoms with Gasteiger partial charge in [-0.3, -0.25) is 0 Å². The molecule has 0 heterocycles. The van der Waals surface area contributed by atoms with Crippen LogP contribution in [0.15, 0.2) is 0 Å². The first-order chi connectivity index (χ1) is 7.93. The largest absolute Gasteiger partial charge is 0.384 e. The summed E-state index contributed by atoms with van der Waals surface area (Å²) in [4.78, 5) is 0. The summed E-state index contributed by atoms with van der Waals surface area (Å²) in [5.41, 5.74) is 0.357. The Morgan fingerprint density at radius 3 is 1.71 bits per heavy atom. The fraction of sp³-hybridized carbons (Fsp3) is 1.00. The molecule has 0 aliphatic carbocycles. The highest BCUT2D eigenvalue weighted by molar-refractivity contribution is 4.90. The summed E-state index contributed by atoms with van der Waals surface area (Å²) < 4.78 is 10.9. The van der Waals surface area contributed by atoms with E-state index in [1.54, 1.807) is 14.2 Å². The van der Waals surface area contributed by atoms with Gasteiger partial charge in [-0.1, -0.05) is 53.4 Å². The van der Waals surface area contributed by atoms with Crippen LogP contribution in [-0.4, -0.2) is 27.4 Å². The van der Waals surface area contributed by atoms with Crippen molar-refractivity contribution < 1.29 is 9.47 Å². The maximum absolute atomic E-state index is 5.46. The highest BCUT2D eigenvalue weighted by Crippen LogP contribution is 2.43. The van der Waals surface area contributed by atoms with E-state index in [1.807, 2.05) is 0 Å². The molecule has 0 aromatic heterocycles. The molecule has 0 saturated carbocycles. The normalized spacial score (nSPS) is 13.1. The van der Waals surface area contributed by atoms with Crippen molar-refractivity contribution >= 4 is 0 Å². The molecule has 0 amide bonds. The van der Waals surface area contributed by atoms with E-state index in [1.165, 1.54) is 32.1 Å². The van der Waals surface area contributed by atoms with Crippen LogP contribution in [0.5, 0.6) is 0 Å². The van der Waals surface area contributed by atoms with E-state index in [0.717, 1.165) is 13.2 Å². The second kappa shape index (κ2) is 8.10. The molecule has 0 spiro atoms. The number of methoxy groups -OCH3 is 2. The summed E-state index contributed by atoms with van der Waals surface area (Å²) in [6.07, 6.45) is 6.41. The Bertz CT molecular complexity index is 176. The van der Waals surface area contributed by atoms with E-state index >= 15 is 0 Å². The number of rotatable bonds is 9. The summed E-state index contributed by atoms with van der Waals surface area (Å²) in [6, 6.07) is 0. The van der Waals surface area contributed by atoms with Crippen molar-refractivity contribution in [3.05, 3.63) is 0 Å². The highest BCUT2D eigenvalue weighted by atomic mass is 16.5. The van der Waals surface area contributed by atoms with Crippen molar-refractivity contribution in [3.63, 3.8) is 0 Å². The summed E-state index contributed by atoms with van der Waals surface area (Å²) >= 11 is 0. The minimum atomic E-state index is 0.143. The topological polar surface area (TPSA) is 18.5 Å². The molecule has 0 aromatic rings. The second-order valence-corrected chi connectivity index (χ2v) is 6.21. The van der Waals surface area contributed by atoms with Gasteiger partial charge in [-0.15, -0.1) is 0 Å². The molecule has 0 atom stereocenters. The Kier molecular flexibility index (Phi) is 8.06. The number of unbranched alkanes of at least 4 members (excludes halogenated alkanes) is 3. The van der Waals surface area contributed by atoms with Crippen LogP contribution < -0.4 is 0 Å². The van der Waals surface area contributed by atoms with E-state index < -0.39 is 0 Å². The van der Waals surface area contributed by atoms with Crippen LogP contribution in [-0.2, 0) is 9.47 Å². The maximum Gasteiger partial charge on any atom is 0.0545 e. The molecule has 0 bridgehead atoms. The molecular formula is C15H32O2. The number of hydrogen-bond donors (Lipinski definition) is 0. The zero-order chi connectivity index (χ0) is 13.4. The highest BCUT2D eigenvalue weighted by Gasteiger charge is 2.41. The lowest BCUT2D eigenvalue weighted by Crippen LogP contribution is -2.43. The van der Waals surface area contributed by atoms with E-state index in [9.17, 15) is 0 Å². The molecule has 0 aromatic carbocycles. The van der Waals surface area contributed by atoms with Crippen LogP contribution in [0.4, 0.5) is 0 Å². The summed E-state index contributed by atoms with van der Waals surface area (Å²) in [6.45, 7) is 10.7. The van der Waals surface area contributed by atoms with Gasteiger partial charge < -0.3 is 9.47 Å². The lowest BCUT2D eigenvalue weighted by atomic mass is 9.64. The predicted molar refractivity (Wildman–Crippen MR) is 74.4 cm³/mol. The second-order valence-electron chi connectivity index (χ2n) is 6.21. The Morgan fingerprint density at radius 1 is 0.824 bits per heavy atom. The van der Waals surface area contributed by atoms with Crippen LogP contribution in [0.25, 0.3) is 0 Å². The van der Waals surface area contributed by atoms with Crippen molar-refractivity contribution in [1.82, 2.24) is 0 Å². The van der Waals surface area contributed by atoms with Gasteiger partial charge in [-0.2, -0.15) is 0 Å². The van der Waals surface area contributed by atoms with Crippen molar-refractivity contribution in [3.8, 4) is 0 Å². The average molecular weight is 244 g/mol. The van der Waals surface area contributed by atoms with Gasteiger partial charge in [0.15, 0.2) is 0 Å². The maximum atomic E-state index is 5.46. The fourth-order valence-corrected chi connectivity index (χ4v) is 2.44. The fourth-order valence-electron chi connectivity index (χ4n) is 2.44. The smallest absolute Gasteiger partial charge is 0.0545 e. The Morgan fingerprint density at radius 2 is 1.35 bits per heavy atom. The van der Waals surface area contributed by atoms with Crippen molar-refractivity contribution in [1.29, 1.82) is 0 Å². The molecule has 0 unspecified atom stereocenters. The predicted octanol–water partition coefficient (Wildman–Crippen LogP) is 4.28. The molecule has 0 fully saturated rings. The van der Waals surface area contributed by atoms with E-state index in [0.29, 0.717) is 0 Å². The summed E-state index contributed by atoms with van der Waals surface area (Å²) in [5, 5.41) is 0. The first kappa shape index (κ1) is 16.9. The van der Waals surface area contributed by atoms with Crippen molar-refractivity contribution in [2.24, 2.45) is 10.8 Å². The van der Waals surface area contributed by atoms with Gasteiger partial charge in [0.05, 0.1) is 13.2 Å². The van der Waals surface area contributed by atoms with Gasteiger partial charge >= 0.3 is 0 Å². The third-order valence-corrected chi connectivity index (χ3v) is 3.94. The SMILES string of the molecule is CCCCCCC(COC)(COC)C(C)(C)C. The lowest BCUT2D eigenvalue weighted by molar-refractivity contribution is -0.0670. The molecule has 0 aliphatic heterocycles. The number of ether oxygens (including phenoxy) is 2. The first-order valence-corrected chi connectivity index (χ1v) is 6.91. The van der Waals surface area contributed by atoms with E-state index in [4.69, 9.17) is 9.47 Å². The third-order valence-electron chi connectivity index (χ3n) is 3.94. The summed E-state index contributed by atoms with van der Waals surface area (Å²) in [5.74, 6) is 0. The van der Waals surface area contributed by atoms with Crippen molar-refractivity contribution in [2.75, 3.05) is 27.4 Å². The molecule has 17 heavy (non-hydrogen) atoms. The minimum absolute atomic E-state index is 0.143. The van der Waals surface area contributed by atoms with Crippen LogP contribution in [0.3, 0.4) is 0 Å². The van der Waals surface area contributed by atoms with Crippen LogP contribution >= 0.6 is 0 Å². The van der Waals surface area contributed by atoms with Gasteiger partial charge in [0.25, 0.3) is 0 Å². The average Bonchev–Trinajstić information content (AvgIpc) is 2.23. The number of hydrogen-bond acceptors (Lipinski definition) is 2. The Balaban J connectivity index is 4.55. The van der Waals surface area contributed by atoms with E-state index in [2.05, 4.69) is 27.7 Å². The van der Waals surface area contributed by atoms with Crippen LogP contribution in [0.1, 0.15) is 59.8 Å². The molecule has 0 rings (SSSR count). The molecule has 0 N–H and O–H groups in total. The van der Waals surface area contributed by atoms with E-state index in [-0.39, 0.29) is 10.8 Å². The zero-order valence-corrected chi connectivity index (χ0v) is 12.8. The first-order valence-electron chi connectivity index (χ1n) is 6.91. The Labute approximate surface area is 108 Å². The molecule has 2 nitrogen and oxygen atoms in total. The Hall–Kier alpha value is -0.0800. The molecule has 0 saturated heterocycles. The quantitative estimate of drug-likeness (QED) is 0.564. The lowest BCUT2D eigenvalue weighted by Gasteiger charge is -2.44. The molecule has 104 valence electrons. The van der Waals surface area contributed by atoms with Gasteiger partial charge in [-0.05, 0) is 11.8 Å². The van der Waals surface area contributed by atoms with Gasteiger partial charge in [-0.25, -0.2) is 0 Å².